The summed E-state index contributed by atoms with van der Waals surface area (Å²) >= 11 is 0. The number of sulfonamides is 1. The molecule has 1 aromatic carbocycles. The Morgan fingerprint density at radius 2 is 1.91 bits per heavy atom. The number of hydrogen-bond acceptors (Lipinski definition) is 8. The number of piperidine rings is 1. The van der Waals surface area contributed by atoms with Crippen LogP contribution in [0.2, 0.25) is 0 Å². The van der Waals surface area contributed by atoms with Crippen molar-refractivity contribution in [2.45, 2.75) is 44.4 Å². The van der Waals surface area contributed by atoms with E-state index in [4.69, 9.17) is 9.26 Å². The molecule has 0 spiro atoms. The van der Waals surface area contributed by atoms with Crippen molar-refractivity contribution in [2.24, 2.45) is 5.92 Å². The third kappa shape index (κ3) is 5.92. The first-order valence-corrected chi connectivity index (χ1v) is 12.1. The van der Waals surface area contributed by atoms with Crippen LogP contribution >= 0.6 is 0 Å². The maximum Gasteiger partial charge on any atom is 0.338 e. The van der Waals surface area contributed by atoms with Crippen molar-refractivity contribution in [1.29, 1.82) is 0 Å². The Hall–Kier alpha value is -2.79. The number of nitrogens with zero attached hydrogens (tertiary/aromatic N) is 3. The van der Waals surface area contributed by atoms with Gasteiger partial charge in [0.1, 0.15) is 0 Å². The van der Waals surface area contributed by atoms with Crippen LogP contribution < -0.4 is 5.32 Å². The molecule has 1 aromatic heterocycles. The zero-order valence-electron chi connectivity index (χ0n) is 18.2. The van der Waals surface area contributed by atoms with Crippen molar-refractivity contribution in [3.63, 3.8) is 0 Å². The number of rotatable bonds is 9. The number of esters is 1. The van der Waals surface area contributed by atoms with Gasteiger partial charge in [-0.1, -0.05) is 5.16 Å². The van der Waals surface area contributed by atoms with Crippen LogP contribution in [0.1, 0.15) is 48.3 Å². The second kappa shape index (κ2) is 10.7. The molecule has 0 aliphatic carbocycles. The van der Waals surface area contributed by atoms with Gasteiger partial charge < -0.3 is 14.6 Å². The summed E-state index contributed by atoms with van der Waals surface area (Å²) in [5.74, 6) is 0.350. The average molecular weight is 465 g/mol. The number of aryl methyl sites for hydroxylation is 2. The Labute approximate surface area is 187 Å². The number of ether oxygens (including phenoxy) is 1. The van der Waals surface area contributed by atoms with Crippen LogP contribution in [0.4, 0.5) is 0 Å². The van der Waals surface area contributed by atoms with Gasteiger partial charge in [-0.05, 0) is 57.4 Å². The highest BCUT2D eigenvalue weighted by Crippen LogP contribution is 2.24. The van der Waals surface area contributed by atoms with Crippen LogP contribution in [0.15, 0.2) is 33.7 Å². The van der Waals surface area contributed by atoms with Crippen LogP contribution in [-0.2, 0) is 26.0 Å². The minimum Gasteiger partial charge on any atom is -0.462 e. The van der Waals surface area contributed by atoms with Gasteiger partial charge in [-0.3, -0.25) is 4.79 Å². The first-order chi connectivity index (χ1) is 15.3. The van der Waals surface area contributed by atoms with Crippen molar-refractivity contribution in [2.75, 3.05) is 26.2 Å². The summed E-state index contributed by atoms with van der Waals surface area (Å²) in [6.07, 6.45) is 2.18. The topological polar surface area (TPSA) is 132 Å². The summed E-state index contributed by atoms with van der Waals surface area (Å²) in [5.41, 5.74) is 0.301. The average Bonchev–Trinajstić information content (AvgIpc) is 3.22. The molecule has 1 aliphatic rings. The summed E-state index contributed by atoms with van der Waals surface area (Å²) < 4.78 is 37.2. The van der Waals surface area contributed by atoms with E-state index in [1.165, 1.54) is 28.6 Å². The zero-order valence-corrected chi connectivity index (χ0v) is 19.1. The fourth-order valence-corrected chi connectivity index (χ4v) is 4.99. The molecule has 0 radical (unpaired) electrons. The number of carbonyl (C=O) groups excluding carboxylic acids is 2. The summed E-state index contributed by atoms with van der Waals surface area (Å²) in [6, 6.07) is 5.71. The highest BCUT2D eigenvalue weighted by Gasteiger charge is 2.32. The molecule has 1 aliphatic heterocycles. The highest BCUT2D eigenvalue weighted by atomic mass is 32.2. The van der Waals surface area contributed by atoms with Crippen LogP contribution in [0.25, 0.3) is 0 Å². The molecule has 1 amide bonds. The lowest BCUT2D eigenvalue weighted by Gasteiger charge is -2.30. The largest absolute Gasteiger partial charge is 0.462 e. The summed E-state index contributed by atoms with van der Waals surface area (Å²) in [5, 5.41) is 6.63. The minimum atomic E-state index is -3.69. The SMILES string of the molecule is CCOC(=O)c1ccc(S(=O)(=O)N2CCC(C(=O)NCCCc3nc(C)no3)CC2)cc1. The van der Waals surface area contributed by atoms with Gasteiger partial charge in [0.25, 0.3) is 0 Å². The maximum absolute atomic E-state index is 12.9. The molecule has 174 valence electrons. The summed E-state index contributed by atoms with van der Waals surface area (Å²) in [7, 11) is -3.69. The second-order valence-corrected chi connectivity index (χ2v) is 9.49. The predicted octanol–water partition coefficient (Wildman–Crippen LogP) is 1.70. The standard InChI is InChI=1S/C21H28N4O6S/c1-3-30-21(27)17-6-8-18(9-7-17)32(28,29)25-13-10-16(11-14-25)20(26)22-12-4-5-19-23-15(2)24-31-19/h6-9,16H,3-5,10-14H2,1-2H3,(H,22,26). The molecular formula is C21H28N4O6S. The fraction of sp³-hybridized carbons (Fsp3) is 0.524. The van der Waals surface area contributed by atoms with Gasteiger partial charge in [-0.2, -0.15) is 9.29 Å². The van der Waals surface area contributed by atoms with E-state index in [-0.39, 0.29) is 36.4 Å². The van der Waals surface area contributed by atoms with Gasteiger partial charge in [0.05, 0.1) is 17.1 Å². The van der Waals surface area contributed by atoms with E-state index in [9.17, 15) is 18.0 Å². The molecule has 1 N–H and O–H groups in total. The molecule has 10 nitrogen and oxygen atoms in total. The van der Waals surface area contributed by atoms with E-state index in [2.05, 4.69) is 15.5 Å². The van der Waals surface area contributed by atoms with Crippen molar-refractivity contribution in [1.82, 2.24) is 19.8 Å². The first kappa shape index (κ1) is 23.9. The number of aromatic nitrogens is 2. The van der Waals surface area contributed by atoms with Crippen LogP contribution in [0, 0.1) is 12.8 Å². The van der Waals surface area contributed by atoms with Gasteiger partial charge in [-0.15, -0.1) is 0 Å². The molecule has 1 fully saturated rings. The van der Waals surface area contributed by atoms with E-state index in [1.54, 1.807) is 13.8 Å². The predicted molar refractivity (Wildman–Crippen MR) is 114 cm³/mol. The van der Waals surface area contributed by atoms with Gasteiger partial charge in [0.2, 0.25) is 21.8 Å². The second-order valence-electron chi connectivity index (χ2n) is 7.55. The lowest BCUT2D eigenvalue weighted by Crippen LogP contribution is -2.43. The zero-order chi connectivity index (χ0) is 23.1. The van der Waals surface area contributed by atoms with E-state index in [0.29, 0.717) is 49.5 Å². The molecule has 0 bridgehead atoms. The number of carbonyl (C=O) groups is 2. The van der Waals surface area contributed by atoms with E-state index < -0.39 is 16.0 Å². The summed E-state index contributed by atoms with van der Waals surface area (Å²) in [6.45, 7) is 4.73. The Morgan fingerprint density at radius 1 is 1.22 bits per heavy atom. The molecule has 0 saturated carbocycles. The van der Waals surface area contributed by atoms with E-state index >= 15 is 0 Å². The molecule has 11 heteroatoms. The molecule has 2 heterocycles. The van der Waals surface area contributed by atoms with E-state index in [0.717, 1.165) is 0 Å². The monoisotopic (exact) mass is 464 g/mol. The van der Waals surface area contributed by atoms with Crippen LogP contribution in [0.5, 0.6) is 0 Å². The van der Waals surface area contributed by atoms with Gasteiger partial charge in [-0.25, -0.2) is 13.2 Å². The van der Waals surface area contributed by atoms with E-state index in [1.807, 2.05) is 0 Å². The molecule has 0 unspecified atom stereocenters. The maximum atomic E-state index is 12.9. The molecule has 32 heavy (non-hydrogen) atoms. The van der Waals surface area contributed by atoms with Crippen molar-refractivity contribution in [3.05, 3.63) is 41.5 Å². The van der Waals surface area contributed by atoms with Crippen molar-refractivity contribution < 1.29 is 27.3 Å². The third-order valence-corrected chi connectivity index (χ3v) is 7.18. The van der Waals surface area contributed by atoms with Crippen molar-refractivity contribution >= 4 is 21.9 Å². The first-order valence-electron chi connectivity index (χ1n) is 10.7. The van der Waals surface area contributed by atoms with Crippen LogP contribution in [0.3, 0.4) is 0 Å². The summed E-state index contributed by atoms with van der Waals surface area (Å²) in [4.78, 5) is 28.4. The van der Waals surface area contributed by atoms with Gasteiger partial charge in [0, 0.05) is 32.0 Å². The molecule has 2 aromatic rings. The number of hydrogen-bond donors (Lipinski definition) is 1. The lowest BCUT2D eigenvalue weighted by molar-refractivity contribution is -0.126. The quantitative estimate of drug-likeness (QED) is 0.438. The normalized spacial score (nSPS) is 15.4. The Morgan fingerprint density at radius 3 is 2.50 bits per heavy atom. The third-order valence-electron chi connectivity index (χ3n) is 5.26. The molecular weight excluding hydrogens is 436 g/mol. The van der Waals surface area contributed by atoms with Crippen LogP contribution in [-0.4, -0.2) is 61.0 Å². The molecule has 0 atom stereocenters. The van der Waals surface area contributed by atoms with Gasteiger partial charge >= 0.3 is 5.97 Å². The molecule has 1 saturated heterocycles. The Bertz CT molecular complexity index is 1030. The smallest absolute Gasteiger partial charge is 0.338 e. The lowest BCUT2D eigenvalue weighted by atomic mass is 9.97. The van der Waals surface area contributed by atoms with Crippen molar-refractivity contribution in [3.8, 4) is 0 Å². The Balaban J connectivity index is 1.46. The Kier molecular flexibility index (Phi) is 7.97. The number of nitrogens with one attached hydrogen (secondary N) is 1. The number of benzene rings is 1. The van der Waals surface area contributed by atoms with Gasteiger partial charge in [0.15, 0.2) is 5.82 Å². The minimum absolute atomic E-state index is 0.0671. The number of amides is 1. The molecule has 3 rings (SSSR count). The fourth-order valence-electron chi connectivity index (χ4n) is 3.52. The highest BCUT2D eigenvalue weighted by molar-refractivity contribution is 7.89.